The van der Waals surface area contributed by atoms with Gasteiger partial charge in [0.25, 0.3) is 0 Å². The third-order valence-electron chi connectivity index (χ3n) is 7.73. The molecule has 0 amide bonds. The fraction of sp³-hybridized carbons (Fsp3) is 0.621. The van der Waals surface area contributed by atoms with Gasteiger partial charge in [-0.25, -0.2) is 0 Å². The van der Waals surface area contributed by atoms with E-state index in [0.29, 0.717) is 18.4 Å². The van der Waals surface area contributed by atoms with Crippen molar-refractivity contribution in [2.45, 2.75) is 65.1 Å². The lowest BCUT2D eigenvalue weighted by Crippen LogP contribution is -2.59. The second kappa shape index (κ2) is 18.0. The summed E-state index contributed by atoms with van der Waals surface area (Å²) in [4.78, 5) is 63.0. The van der Waals surface area contributed by atoms with Gasteiger partial charge in [-0.05, 0) is 36.0 Å². The SMILES string of the molecule is CC[C@H](C)C(C(=O)[O-])N(CCN(CCN(CC(=O)[O-])C(C(=O)[O-])[C@@H](C)CC)C(Cc1ccc(O)cc1)C(=O)[O-])CC(=O)[O-]. The lowest BCUT2D eigenvalue weighted by atomic mass is 9.97. The number of phenolic OH excluding ortho intramolecular Hbond substituents is 1. The van der Waals surface area contributed by atoms with Crippen LogP contribution in [0.3, 0.4) is 0 Å². The maximum Gasteiger partial charge on any atom is 0.115 e. The standard InChI is InChI=1S/C29H45N3O11/c1-5-18(3)25(28(40)41)31(16-23(34)35)13-11-30(22(27(38)39)15-20-7-9-21(33)10-8-20)12-14-32(17-24(36)37)26(29(42)43)19(4)6-2/h7-10,18-19,22,25-26,33H,5-6,11-17H2,1-4H3,(H,34,35)(H,36,37)(H,38,39)(H,40,41)(H,42,43)/p-5/t18-,19-,22?,25?,26?/m0/s1. The highest BCUT2D eigenvalue weighted by molar-refractivity contribution is 5.74. The van der Waals surface area contributed by atoms with E-state index in [1.54, 1.807) is 27.7 Å². The maximum atomic E-state index is 12.4. The van der Waals surface area contributed by atoms with Gasteiger partial charge < -0.3 is 54.6 Å². The molecule has 0 aromatic heterocycles. The summed E-state index contributed by atoms with van der Waals surface area (Å²) in [6.45, 7) is 4.04. The first-order valence-corrected chi connectivity index (χ1v) is 14.1. The lowest BCUT2D eigenvalue weighted by Gasteiger charge is -2.41. The number of hydrogen-bond donors (Lipinski definition) is 1. The molecule has 5 atom stereocenters. The van der Waals surface area contributed by atoms with Crippen molar-refractivity contribution in [2.75, 3.05) is 39.3 Å². The average molecular weight is 607 g/mol. The molecule has 0 bridgehead atoms. The highest BCUT2D eigenvalue weighted by Crippen LogP contribution is 2.19. The van der Waals surface area contributed by atoms with Crippen LogP contribution in [0.5, 0.6) is 5.75 Å². The summed E-state index contributed by atoms with van der Waals surface area (Å²) in [5, 5.41) is 69.0. The first kappa shape index (κ1) is 37.3. The first-order valence-electron chi connectivity index (χ1n) is 14.1. The van der Waals surface area contributed by atoms with Crippen LogP contribution in [0.4, 0.5) is 0 Å². The molecule has 43 heavy (non-hydrogen) atoms. The Labute approximate surface area is 251 Å². The Morgan fingerprint density at radius 1 is 0.651 bits per heavy atom. The van der Waals surface area contributed by atoms with Gasteiger partial charge in [0.1, 0.15) is 5.75 Å². The largest absolute Gasteiger partial charge is 0.549 e. The second-order valence-corrected chi connectivity index (χ2v) is 10.7. The van der Waals surface area contributed by atoms with Crippen LogP contribution in [0.25, 0.3) is 0 Å². The molecule has 0 spiro atoms. The van der Waals surface area contributed by atoms with Gasteiger partial charge in [0.05, 0.1) is 48.0 Å². The molecule has 1 N–H and O–H groups in total. The van der Waals surface area contributed by atoms with Crippen molar-refractivity contribution in [3.63, 3.8) is 0 Å². The number of carboxylic acids is 5. The van der Waals surface area contributed by atoms with Crippen molar-refractivity contribution in [1.82, 2.24) is 14.7 Å². The highest BCUT2D eigenvalue weighted by Gasteiger charge is 2.30. The van der Waals surface area contributed by atoms with Crippen molar-refractivity contribution < 1.29 is 54.6 Å². The van der Waals surface area contributed by atoms with E-state index < -0.39 is 72.9 Å². The van der Waals surface area contributed by atoms with Gasteiger partial charge in [0, 0.05) is 39.3 Å². The number of phenols is 1. The predicted octanol–water partition coefficient (Wildman–Crippen LogP) is -5.21. The van der Waals surface area contributed by atoms with Gasteiger partial charge >= 0.3 is 0 Å². The zero-order chi connectivity index (χ0) is 32.9. The molecule has 1 aromatic carbocycles. The molecule has 3 unspecified atom stereocenters. The number of aromatic hydroxyl groups is 1. The highest BCUT2D eigenvalue weighted by atomic mass is 16.4. The summed E-state index contributed by atoms with van der Waals surface area (Å²) in [6, 6.07) is 1.59. The van der Waals surface area contributed by atoms with E-state index in [2.05, 4.69) is 0 Å². The zero-order valence-corrected chi connectivity index (χ0v) is 24.9. The van der Waals surface area contributed by atoms with Crippen LogP contribution in [-0.4, -0.2) is 107 Å². The Kier molecular flexibility index (Phi) is 15.6. The molecule has 0 saturated heterocycles. The van der Waals surface area contributed by atoms with E-state index in [9.17, 15) is 54.6 Å². The Balaban J connectivity index is 3.49. The van der Waals surface area contributed by atoms with Gasteiger partial charge in [-0.1, -0.05) is 52.7 Å². The van der Waals surface area contributed by atoms with Crippen LogP contribution in [0, 0.1) is 11.8 Å². The molecule has 14 nitrogen and oxygen atoms in total. The number of hydrogen-bond acceptors (Lipinski definition) is 14. The molecule has 0 heterocycles. The predicted molar refractivity (Wildman–Crippen MR) is 142 cm³/mol. The molecule has 14 heteroatoms. The topological polar surface area (TPSA) is 231 Å². The van der Waals surface area contributed by atoms with E-state index in [-0.39, 0.29) is 38.3 Å². The number of carbonyl (C=O) groups is 5. The second-order valence-electron chi connectivity index (χ2n) is 10.7. The van der Waals surface area contributed by atoms with Gasteiger partial charge in [-0.15, -0.1) is 0 Å². The normalized spacial score (nSPS) is 15.1. The molecule has 0 saturated carbocycles. The minimum absolute atomic E-state index is 0.0572. The molecule has 0 aliphatic heterocycles. The molecular weight excluding hydrogens is 566 g/mol. The van der Waals surface area contributed by atoms with Crippen molar-refractivity contribution in [3.05, 3.63) is 29.8 Å². The van der Waals surface area contributed by atoms with Crippen molar-refractivity contribution in [3.8, 4) is 5.75 Å². The molecule has 242 valence electrons. The minimum Gasteiger partial charge on any atom is -0.549 e. The molecule has 1 rings (SSSR count). The summed E-state index contributed by atoms with van der Waals surface area (Å²) < 4.78 is 0. The number of benzene rings is 1. The van der Waals surface area contributed by atoms with E-state index in [0.717, 1.165) is 9.80 Å². The molecule has 0 aliphatic rings. The molecule has 0 aliphatic carbocycles. The fourth-order valence-corrected chi connectivity index (χ4v) is 5.05. The number of aliphatic carboxylic acids is 5. The molecule has 0 radical (unpaired) electrons. The van der Waals surface area contributed by atoms with Crippen LogP contribution in [0.2, 0.25) is 0 Å². The summed E-state index contributed by atoms with van der Waals surface area (Å²) in [6.07, 6.45) is 0.577. The van der Waals surface area contributed by atoms with Crippen LogP contribution in [0.15, 0.2) is 24.3 Å². The fourth-order valence-electron chi connectivity index (χ4n) is 5.05. The summed E-state index contributed by atoms with van der Waals surface area (Å²) in [5.74, 6) is -8.84. The molecule has 0 fully saturated rings. The van der Waals surface area contributed by atoms with Gasteiger partial charge in [0.2, 0.25) is 0 Å². The van der Waals surface area contributed by atoms with Gasteiger partial charge in [-0.3, -0.25) is 14.7 Å². The zero-order valence-electron chi connectivity index (χ0n) is 24.9. The summed E-state index contributed by atoms with van der Waals surface area (Å²) >= 11 is 0. The first-order chi connectivity index (χ1) is 20.1. The molecule has 1 aromatic rings. The van der Waals surface area contributed by atoms with E-state index in [1.165, 1.54) is 29.2 Å². The van der Waals surface area contributed by atoms with Crippen molar-refractivity contribution >= 4 is 29.8 Å². The van der Waals surface area contributed by atoms with Crippen molar-refractivity contribution in [2.24, 2.45) is 11.8 Å². The third kappa shape index (κ3) is 12.2. The monoisotopic (exact) mass is 606 g/mol. The minimum atomic E-state index is -1.56. The Hall–Kier alpha value is -3.75. The van der Waals surface area contributed by atoms with E-state index >= 15 is 0 Å². The van der Waals surface area contributed by atoms with Crippen LogP contribution in [0.1, 0.15) is 46.1 Å². The Morgan fingerprint density at radius 2 is 1.02 bits per heavy atom. The van der Waals surface area contributed by atoms with Crippen LogP contribution < -0.4 is 25.5 Å². The Morgan fingerprint density at radius 3 is 1.33 bits per heavy atom. The third-order valence-corrected chi connectivity index (χ3v) is 7.73. The number of nitrogens with zero attached hydrogens (tertiary/aromatic N) is 3. The average Bonchev–Trinajstić information content (AvgIpc) is 2.91. The Bertz CT molecular complexity index is 1030. The summed E-state index contributed by atoms with van der Waals surface area (Å²) in [5.41, 5.74) is 0.481. The number of rotatable bonds is 22. The number of carbonyl (C=O) groups excluding carboxylic acids is 5. The quantitative estimate of drug-likeness (QED) is 0.130. The smallest absolute Gasteiger partial charge is 0.115 e. The van der Waals surface area contributed by atoms with Gasteiger partial charge in [0.15, 0.2) is 0 Å². The maximum absolute atomic E-state index is 12.4. The van der Waals surface area contributed by atoms with Crippen LogP contribution >= 0.6 is 0 Å². The van der Waals surface area contributed by atoms with Crippen LogP contribution in [-0.2, 0) is 30.4 Å². The molecular formula is C29H40N3O11-5. The van der Waals surface area contributed by atoms with E-state index in [4.69, 9.17) is 0 Å². The van der Waals surface area contributed by atoms with Gasteiger partial charge in [-0.2, -0.15) is 0 Å². The lowest BCUT2D eigenvalue weighted by molar-refractivity contribution is -0.318. The number of carboxylic acid groups (broad SMARTS) is 5. The summed E-state index contributed by atoms with van der Waals surface area (Å²) in [7, 11) is 0. The van der Waals surface area contributed by atoms with E-state index in [1.807, 2.05) is 0 Å². The van der Waals surface area contributed by atoms with Crippen molar-refractivity contribution in [1.29, 1.82) is 0 Å².